The third kappa shape index (κ3) is 4.82. The molecule has 0 unspecified atom stereocenters. The van der Waals surface area contributed by atoms with E-state index in [0.717, 1.165) is 11.1 Å². The van der Waals surface area contributed by atoms with Crippen LogP contribution in [0.2, 0.25) is 5.02 Å². The fraction of sp³-hybridized carbons (Fsp3) is 0.0455. The standard InChI is InChI=1S/C22H17ClO2/c23-19-12-13-20(21(24)14-11-17-7-3-1-4-8-17)22(15-19)25-16-18-9-5-2-6-10-18/h1-15H,16H2. The zero-order chi connectivity index (χ0) is 17.5. The molecule has 0 amide bonds. The minimum Gasteiger partial charge on any atom is -0.488 e. The molecule has 0 fully saturated rings. The summed E-state index contributed by atoms with van der Waals surface area (Å²) in [5.41, 5.74) is 2.49. The van der Waals surface area contributed by atoms with E-state index >= 15 is 0 Å². The normalized spacial score (nSPS) is 10.8. The lowest BCUT2D eigenvalue weighted by Gasteiger charge is -2.10. The summed E-state index contributed by atoms with van der Waals surface area (Å²) < 4.78 is 5.84. The Morgan fingerprint density at radius 1 is 0.920 bits per heavy atom. The summed E-state index contributed by atoms with van der Waals surface area (Å²) in [6.45, 7) is 0.379. The van der Waals surface area contributed by atoms with Crippen LogP contribution in [-0.4, -0.2) is 5.78 Å². The first kappa shape index (κ1) is 17.0. The van der Waals surface area contributed by atoms with Crippen LogP contribution in [0.5, 0.6) is 5.75 Å². The molecule has 0 aromatic heterocycles. The fourth-order valence-electron chi connectivity index (χ4n) is 2.38. The second kappa shape index (κ2) is 8.32. The molecule has 0 radical (unpaired) electrons. The van der Waals surface area contributed by atoms with E-state index in [0.29, 0.717) is 22.9 Å². The van der Waals surface area contributed by atoms with Gasteiger partial charge >= 0.3 is 0 Å². The maximum atomic E-state index is 12.6. The monoisotopic (exact) mass is 348 g/mol. The van der Waals surface area contributed by atoms with Crippen LogP contribution in [-0.2, 0) is 6.61 Å². The van der Waals surface area contributed by atoms with Crippen molar-refractivity contribution in [3.63, 3.8) is 0 Å². The maximum absolute atomic E-state index is 12.6. The first-order valence-electron chi connectivity index (χ1n) is 7.96. The quantitative estimate of drug-likeness (QED) is 0.414. The van der Waals surface area contributed by atoms with Crippen molar-refractivity contribution < 1.29 is 9.53 Å². The van der Waals surface area contributed by atoms with Crippen molar-refractivity contribution in [2.24, 2.45) is 0 Å². The van der Waals surface area contributed by atoms with Crippen molar-refractivity contribution in [2.45, 2.75) is 6.61 Å². The summed E-state index contributed by atoms with van der Waals surface area (Å²) in [6, 6.07) is 24.5. The summed E-state index contributed by atoms with van der Waals surface area (Å²) in [6.07, 6.45) is 3.34. The molecule has 2 nitrogen and oxygen atoms in total. The molecule has 0 heterocycles. The maximum Gasteiger partial charge on any atom is 0.189 e. The van der Waals surface area contributed by atoms with Gasteiger partial charge in [0.2, 0.25) is 0 Å². The number of hydrogen-bond acceptors (Lipinski definition) is 2. The van der Waals surface area contributed by atoms with Gasteiger partial charge in [0.25, 0.3) is 0 Å². The largest absolute Gasteiger partial charge is 0.488 e. The first-order chi connectivity index (χ1) is 12.2. The van der Waals surface area contributed by atoms with E-state index in [1.165, 1.54) is 0 Å². The number of allylic oxidation sites excluding steroid dienone is 1. The number of benzene rings is 3. The molecule has 3 rings (SSSR count). The highest BCUT2D eigenvalue weighted by Gasteiger charge is 2.11. The highest BCUT2D eigenvalue weighted by Crippen LogP contribution is 2.25. The van der Waals surface area contributed by atoms with E-state index in [2.05, 4.69) is 0 Å². The number of carbonyl (C=O) groups is 1. The number of ketones is 1. The number of rotatable bonds is 6. The molecule has 124 valence electrons. The number of ether oxygens (including phenoxy) is 1. The van der Waals surface area contributed by atoms with Crippen LogP contribution >= 0.6 is 11.6 Å². The van der Waals surface area contributed by atoms with Gasteiger partial charge in [-0.1, -0.05) is 78.3 Å². The van der Waals surface area contributed by atoms with E-state index in [1.807, 2.05) is 60.7 Å². The molecule has 0 saturated carbocycles. The summed E-state index contributed by atoms with van der Waals surface area (Å²) in [4.78, 5) is 12.6. The Balaban J connectivity index is 1.78. The van der Waals surface area contributed by atoms with E-state index in [9.17, 15) is 4.79 Å². The lowest BCUT2D eigenvalue weighted by atomic mass is 10.1. The molecule has 0 aliphatic carbocycles. The van der Waals surface area contributed by atoms with Crippen LogP contribution < -0.4 is 4.74 Å². The second-order valence-corrected chi connectivity index (χ2v) is 5.96. The average Bonchev–Trinajstić information content (AvgIpc) is 2.66. The first-order valence-corrected chi connectivity index (χ1v) is 8.34. The van der Waals surface area contributed by atoms with E-state index in [-0.39, 0.29) is 5.78 Å². The van der Waals surface area contributed by atoms with Gasteiger partial charge in [-0.15, -0.1) is 0 Å². The van der Waals surface area contributed by atoms with Gasteiger partial charge in [0.1, 0.15) is 12.4 Å². The van der Waals surface area contributed by atoms with E-state index in [4.69, 9.17) is 16.3 Å². The van der Waals surface area contributed by atoms with Crippen molar-refractivity contribution >= 4 is 23.5 Å². The molecule has 0 saturated heterocycles. The van der Waals surface area contributed by atoms with Gasteiger partial charge in [-0.2, -0.15) is 0 Å². The molecular weight excluding hydrogens is 332 g/mol. The molecular formula is C22H17ClO2. The zero-order valence-corrected chi connectivity index (χ0v) is 14.3. The molecule has 3 heteroatoms. The average molecular weight is 349 g/mol. The lowest BCUT2D eigenvalue weighted by molar-refractivity contribution is 0.104. The Bertz CT molecular complexity index is 871. The zero-order valence-electron chi connectivity index (χ0n) is 13.6. The van der Waals surface area contributed by atoms with Crippen molar-refractivity contribution in [1.29, 1.82) is 0 Å². The lowest BCUT2D eigenvalue weighted by Crippen LogP contribution is -2.02. The number of halogens is 1. The molecule has 25 heavy (non-hydrogen) atoms. The Morgan fingerprint density at radius 3 is 2.32 bits per heavy atom. The Hall–Kier alpha value is -2.84. The molecule has 0 atom stereocenters. The second-order valence-electron chi connectivity index (χ2n) is 5.52. The number of hydrogen-bond donors (Lipinski definition) is 0. The highest BCUT2D eigenvalue weighted by atomic mass is 35.5. The smallest absolute Gasteiger partial charge is 0.189 e. The molecule has 0 aliphatic rings. The molecule has 3 aromatic carbocycles. The molecule has 0 aliphatic heterocycles. The predicted molar refractivity (Wildman–Crippen MR) is 102 cm³/mol. The Morgan fingerprint density at radius 2 is 1.60 bits per heavy atom. The van der Waals surface area contributed by atoms with Gasteiger partial charge in [-0.3, -0.25) is 4.79 Å². The highest BCUT2D eigenvalue weighted by molar-refractivity contribution is 6.31. The summed E-state index contributed by atoms with van der Waals surface area (Å²) in [7, 11) is 0. The van der Waals surface area contributed by atoms with Gasteiger partial charge in [0, 0.05) is 5.02 Å². The van der Waals surface area contributed by atoms with E-state index in [1.54, 1.807) is 30.4 Å². The van der Waals surface area contributed by atoms with Crippen LogP contribution in [0.4, 0.5) is 0 Å². The van der Waals surface area contributed by atoms with Gasteiger partial charge in [-0.25, -0.2) is 0 Å². The summed E-state index contributed by atoms with van der Waals surface area (Å²) >= 11 is 6.07. The topological polar surface area (TPSA) is 26.3 Å². The van der Waals surface area contributed by atoms with Crippen LogP contribution in [0.25, 0.3) is 6.08 Å². The Kier molecular flexibility index (Phi) is 5.65. The summed E-state index contributed by atoms with van der Waals surface area (Å²) in [5, 5.41) is 0.534. The van der Waals surface area contributed by atoms with Crippen molar-refractivity contribution in [2.75, 3.05) is 0 Å². The van der Waals surface area contributed by atoms with Crippen LogP contribution in [0.1, 0.15) is 21.5 Å². The van der Waals surface area contributed by atoms with Crippen LogP contribution in [0.15, 0.2) is 84.9 Å². The third-order valence-corrected chi connectivity index (χ3v) is 3.91. The van der Waals surface area contributed by atoms with Crippen molar-refractivity contribution in [3.8, 4) is 5.75 Å². The minimum atomic E-state index is -0.122. The van der Waals surface area contributed by atoms with Gasteiger partial charge in [0.05, 0.1) is 5.56 Å². The predicted octanol–water partition coefficient (Wildman–Crippen LogP) is 5.82. The van der Waals surface area contributed by atoms with Crippen LogP contribution in [0.3, 0.4) is 0 Å². The summed E-state index contributed by atoms with van der Waals surface area (Å²) in [5.74, 6) is 0.364. The third-order valence-electron chi connectivity index (χ3n) is 3.67. The SMILES string of the molecule is O=C(C=Cc1ccccc1)c1ccc(Cl)cc1OCc1ccccc1. The van der Waals surface area contributed by atoms with Crippen LogP contribution in [0, 0.1) is 0 Å². The fourth-order valence-corrected chi connectivity index (χ4v) is 2.54. The number of carbonyl (C=O) groups excluding carboxylic acids is 1. The Labute approximate surface area is 152 Å². The van der Waals surface area contributed by atoms with Gasteiger partial charge in [-0.05, 0) is 35.4 Å². The molecule has 0 N–H and O–H groups in total. The molecule has 0 spiro atoms. The van der Waals surface area contributed by atoms with Crippen molar-refractivity contribution in [3.05, 3.63) is 107 Å². The van der Waals surface area contributed by atoms with E-state index < -0.39 is 0 Å². The molecule has 0 bridgehead atoms. The van der Waals surface area contributed by atoms with Crippen molar-refractivity contribution in [1.82, 2.24) is 0 Å². The van der Waals surface area contributed by atoms with Gasteiger partial charge < -0.3 is 4.74 Å². The molecule has 3 aromatic rings. The van der Waals surface area contributed by atoms with Gasteiger partial charge in [0.15, 0.2) is 5.78 Å². The minimum absolute atomic E-state index is 0.122.